The molecule has 0 bridgehead atoms. The Morgan fingerprint density at radius 2 is 2.08 bits per heavy atom. The highest BCUT2D eigenvalue weighted by Gasteiger charge is 2.10. The second-order valence-electron chi connectivity index (χ2n) is 5.51. The zero-order valence-electron chi connectivity index (χ0n) is 12.8. The van der Waals surface area contributed by atoms with Crippen LogP contribution in [0.3, 0.4) is 0 Å². The highest BCUT2D eigenvalue weighted by Crippen LogP contribution is 2.31. The lowest BCUT2D eigenvalue weighted by Crippen LogP contribution is -2.01. The lowest BCUT2D eigenvalue weighted by molar-refractivity contribution is 0.269. The van der Waals surface area contributed by atoms with E-state index in [1.54, 1.807) is 17.1 Å². The Kier molecular flexibility index (Phi) is 3.47. The largest absolute Gasteiger partial charge is 0.394 e. The molecule has 0 fully saturated rings. The van der Waals surface area contributed by atoms with Gasteiger partial charge in [-0.3, -0.25) is 9.78 Å². The van der Waals surface area contributed by atoms with E-state index < -0.39 is 0 Å². The Bertz CT molecular complexity index is 990. The number of aromatic nitrogens is 5. The number of aromatic amines is 1. The van der Waals surface area contributed by atoms with Crippen LogP contribution >= 0.6 is 0 Å². The lowest BCUT2D eigenvalue weighted by atomic mass is 10.0. The van der Waals surface area contributed by atoms with E-state index in [0.717, 1.165) is 33.3 Å². The Labute approximate surface area is 137 Å². The molecule has 0 atom stereocenters. The Balaban J connectivity index is 1.86. The first-order valence-electron chi connectivity index (χ1n) is 7.58. The number of H-pyrrole nitrogens is 1. The van der Waals surface area contributed by atoms with Gasteiger partial charge in [-0.15, -0.1) is 0 Å². The zero-order valence-corrected chi connectivity index (χ0v) is 12.8. The maximum absolute atomic E-state index is 9.04. The van der Waals surface area contributed by atoms with Crippen molar-refractivity contribution >= 4 is 16.7 Å². The van der Waals surface area contributed by atoms with E-state index >= 15 is 0 Å². The second kappa shape index (κ2) is 5.78. The highest BCUT2D eigenvalue weighted by molar-refractivity contribution is 5.97. The number of aliphatic hydroxyl groups is 1. The number of benzene rings is 1. The van der Waals surface area contributed by atoms with Crippen LogP contribution in [0.1, 0.15) is 0 Å². The van der Waals surface area contributed by atoms with Gasteiger partial charge >= 0.3 is 0 Å². The highest BCUT2D eigenvalue weighted by atomic mass is 16.3. The predicted molar refractivity (Wildman–Crippen MR) is 92.0 cm³/mol. The van der Waals surface area contributed by atoms with Gasteiger partial charge in [-0.05, 0) is 23.8 Å². The van der Waals surface area contributed by atoms with Gasteiger partial charge < -0.3 is 10.8 Å². The summed E-state index contributed by atoms with van der Waals surface area (Å²) in [6, 6.07) is 9.79. The fourth-order valence-corrected chi connectivity index (χ4v) is 2.80. The Hall–Kier alpha value is -3.19. The van der Waals surface area contributed by atoms with Crippen molar-refractivity contribution in [2.75, 3.05) is 12.3 Å². The fourth-order valence-electron chi connectivity index (χ4n) is 2.80. The molecule has 0 amide bonds. The van der Waals surface area contributed by atoms with Crippen molar-refractivity contribution in [3.63, 3.8) is 0 Å². The third kappa shape index (κ3) is 2.50. The summed E-state index contributed by atoms with van der Waals surface area (Å²) in [5.41, 5.74) is 10.7. The van der Waals surface area contributed by atoms with Crippen molar-refractivity contribution in [2.45, 2.75) is 6.54 Å². The molecule has 0 aliphatic rings. The lowest BCUT2D eigenvalue weighted by Gasteiger charge is -2.08. The summed E-state index contributed by atoms with van der Waals surface area (Å²) >= 11 is 0. The summed E-state index contributed by atoms with van der Waals surface area (Å²) in [6.07, 6.45) is 5.38. The fraction of sp³-hybridized carbons (Fsp3) is 0.118. The van der Waals surface area contributed by atoms with Gasteiger partial charge in [0.05, 0.1) is 30.6 Å². The van der Waals surface area contributed by atoms with Crippen molar-refractivity contribution in [2.24, 2.45) is 0 Å². The van der Waals surface area contributed by atoms with Crippen molar-refractivity contribution in [3.8, 4) is 22.4 Å². The van der Waals surface area contributed by atoms with E-state index in [9.17, 15) is 0 Å². The molecule has 1 aromatic carbocycles. The first kappa shape index (κ1) is 14.4. The van der Waals surface area contributed by atoms with Gasteiger partial charge in [0.25, 0.3) is 0 Å². The number of nitrogens with zero attached hydrogens (tertiary/aromatic N) is 4. The van der Waals surface area contributed by atoms with Gasteiger partial charge in [-0.1, -0.05) is 12.1 Å². The number of aliphatic hydroxyl groups excluding tert-OH is 1. The minimum Gasteiger partial charge on any atom is -0.394 e. The molecule has 24 heavy (non-hydrogen) atoms. The van der Waals surface area contributed by atoms with Crippen LogP contribution in [-0.2, 0) is 6.54 Å². The maximum atomic E-state index is 9.04. The smallest absolute Gasteiger partial charge is 0.124 e. The minimum atomic E-state index is 0.0495. The molecule has 3 aromatic heterocycles. The molecule has 4 aromatic rings. The van der Waals surface area contributed by atoms with E-state index in [2.05, 4.69) is 20.3 Å². The zero-order chi connectivity index (χ0) is 16.5. The number of nitrogens with two attached hydrogens (primary N) is 1. The molecule has 0 saturated heterocycles. The molecule has 0 saturated carbocycles. The second-order valence-corrected chi connectivity index (χ2v) is 5.51. The van der Waals surface area contributed by atoms with Gasteiger partial charge in [0.2, 0.25) is 0 Å². The standard InChI is InChI=1S/C17H16N6O/c18-17-8-14(12-9-20-23(10-12)5-6-24)13-2-1-11(7-16(13)21-17)15-3-4-19-22-15/h1-4,7-10,24H,5-6H2,(H2,18,21)(H,19,22). The number of pyridine rings is 1. The number of fused-ring (bicyclic) bond motifs is 1. The van der Waals surface area contributed by atoms with Crippen LogP contribution in [0.2, 0.25) is 0 Å². The molecule has 0 aliphatic heterocycles. The third-order valence-electron chi connectivity index (χ3n) is 3.91. The number of anilines is 1. The normalized spacial score (nSPS) is 11.2. The average Bonchev–Trinajstić information content (AvgIpc) is 3.25. The van der Waals surface area contributed by atoms with Crippen LogP contribution in [0.4, 0.5) is 5.82 Å². The predicted octanol–water partition coefficient (Wildman–Crippen LogP) is 2.06. The third-order valence-corrected chi connectivity index (χ3v) is 3.91. The van der Waals surface area contributed by atoms with E-state index in [1.807, 2.05) is 36.5 Å². The number of rotatable bonds is 4. The molecule has 4 N–H and O–H groups in total. The molecule has 120 valence electrons. The van der Waals surface area contributed by atoms with Crippen molar-refractivity contribution < 1.29 is 5.11 Å². The minimum absolute atomic E-state index is 0.0495. The molecule has 0 aliphatic carbocycles. The monoisotopic (exact) mass is 320 g/mol. The molecule has 0 radical (unpaired) electrons. The van der Waals surface area contributed by atoms with E-state index in [1.165, 1.54) is 0 Å². The van der Waals surface area contributed by atoms with Crippen LogP contribution in [0, 0.1) is 0 Å². The van der Waals surface area contributed by atoms with Crippen molar-refractivity contribution in [1.82, 2.24) is 25.0 Å². The Morgan fingerprint density at radius 1 is 1.17 bits per heavy atom. The SMILES string of the molecule is Nc1cc(-c2cnn(CCO)c2)c2ccc(-c3ccn[nH]3)cc2n1. The van der Waals surface area contributed by atoms with Gasteiger partial charge in [-0.25, -0.2) is 4.98 Å². The van der Waals surface area contributed by atoms with Crippen LogP contribution < -0.4 is 5.73 Å². The first-order chi connectivity index (χ1) is 11.7. The van der Waals surface area contributed by atoms with Gasteiger partial charge in [0, 0.05) is 28.9 Å². The summed E-state index contributed by atoms with van der Waals surface area (Å²) < 4.78 is 1.71. The number of nitrogens with one attached hydrogen (secondary N) is 1. The summed E-state index contributed by atoms with van der Waals surface area (Å²) in [4.78, 5) is 4.45. The van der Waals surface area contributed by atoms with Gasteiger partial charge in [-0.2, -0.15) is 10.2 Å². The molecule has 0 spiro atoms. The van der Waals surface area contributed by atoms with E-state index in [4.69, 9.17) is 10.8 Å². The topological polar surface area (TPSA) is 106 Å². The number of nitrogen functional groups attached to an aromatic ring is 1. The van der Waals surface area contributed by atoms with Crippen molar-refractivity contribution in [1.29, 1.82) is 0 Å². The molecule has 7 heteroatoms. The van der Waals surface area contributed by atoms with E-state index in [-0.39, 0.29) is 6.61 Å². The summed E-state index contributed by atoms with van der Waals surface area (Å²) in [6.45, 7) is 0.510. The first-order valence-corrected chi connectivity index (χ1v) is 7.58. The van der Waals surface area contributed by atoms with Crippen LogP contribution in [0.5, 0.6) is 0 Å². The molecule has 4 rings (SSSR count). The molecular weight excluding hydrogens is 304 g/mol. The van der Waals surface area contributed by atoms with Gasteiger partial charge in [0.15, 0.2) is 0 Å². The van der Waals surface area contributed by atoms with Crippen LogP contribution in [0.25, 0.3) is 33.3 Å². The quantitative estimate of drug-likeness (QED) is 0.534. The maximum Gasteiger partial charge on any atom is 0.124 e. The van der Waals surface area contributed by atoms with Crippen LogP contribution in [0.15, 0.2) is 48.9 Å². The Morgan fingerprint density at radius 3 is 2.88 bits per heavy atom. The number of hydrogen-bond acceptors (Lipinski definition) is 5. The molecule has 7 nitrogen and oxygen atoms in total. The molecular formula is C17H16N6O. The summed E-state index contributed by atoms with van der Waals surface area (Å²) in [7, 11) is 0. The summed E-state index contributed by atoms with van der Waals surface area (Å²) in [5.74, 6) is 0.453. The van der Waals surface area contributed by atoms with E-state index in [0.29, 0.717) is 12.4 Å². The number of hydrogen-bond donors (Lipinski definition) is 3. The molecule has 0 unspecified atom stereocenters. The average molecular weight is 320 g/mol. The molecule has 3 heterocycles. The summed E-state index contributed by atoms with van der Waals surface area (Å²) in [5, 5.41) is 21.2. The van der Waals surface area contributed by atoms with Crippen LogP contribution in [-0.4, -0.2) is 36.7 Å². The van der Waals surface area contributed by atoms with Crippen molar-refractivity contribution in [3.05, 3.63) is 48.9 Å². The van der Waals surface area contributed by atoms with Gasteiger partial charge in [0.1, 0.15) is 5.82 Å².